The Bertz CT molecular complexity index is 1300. The fourth-order valence-electron chi connectivity index (χ4n) is 4.03. The molecule has 2 aromatic rings. The molecule has 13 heteroatoms. The van der Waals surface area contributed by atoms with Gasteiger partial charge in [-0.15, -0.1) is 0 Å². The molecule has 2 aromatic carbocycles. The van der Waals surface area contributed by atoms with E-state index in [1.54, 1.807) is 0 Å². The van der Waals surface area contributed by atoms with Gasteiger partial charge in [-0.3, -0.25) is 19.4 Å². The van der Waals surface area contributed by atoms with Crippen molar-refractivity contribution in [2.75, 3.05) is 46.0 Å². The molecule has 39 heavy (non-hydrogen) atoms. The number of aliphatic carboxylic acids is 1. The number of carbonyl (C=O) groups excluding carboxylic acids is 1. The second-order valence-corrected chi connectivity index (χ2v) is 10.4. The quantitative estimate of drug-likeness (QED) is 0.254. The summed E-state index contributed by atoms with van der Waals surface area (Å²) in [7, 11) is 0. The molecule has 0 aliphatic carbocycles. The summed E-state index contributed by atoms with van der Waals surface area (Å²) >= 11 is 6.21. The SMILES string of the molecule is O=C(O)CCN1C(=O)/C(=C/c2cc(-c3cc(C(F)(F)F)ccc3F)ccc2OCCN2CCOCC2)SC1=S. The van der Waals surface area contributed by atoms with Crippen LogP contribution in [0.25, 0.3) is 17.2 Å². The molecule has 1 amide bonds. The summed E-state index contributed by atoms with van der Waals surface area (Å²) in [5.41, 5.74) is -0.754. The van der Waals surface area contributed by atoms with E-state index < -0.39 is 29.4 Å². The molecule has 0 bridgehead atoms. The predicted molar refractivity (Wildman–Crippen MR) is 142 cm³/mol. The maximum atomic E-state index is 14.6. The van der Waals surface area contributed by atoms with Crippen LogP contribution in [0.3, 0.4) is 0 Å². The highest BCUT2D eigenvalue weighted by Gasteiger charge is 2.33. The maximum Gasteiger partial charge on any atom is 0.416 e. The summed E-state index contributed by atoms with van der Waals surface area (Å²) in [6.07, 6.45) is -3.48. The van der Waals surface area contributed by atoms with Crippen molar-refractivity contribution in [1.29, 1.82) is 0 Å². The Labute approximate surface area is 231 Å². The van der Waals surface area contributed by atoms with Gasteiger partial charge < -0.3 is 14.6 Å². The Hall–Kier alpha value is -3.00. The van der Waals surface area contributed by atoms with E-state index in [0.717, 1.165) is 37.0 Å². The van der Waals surface area contributed by atoms with Crippen molar-refractivity contribution >= 4 is 46.3 Å². The minimum absolute atomic E-state index is 0.101. The third-order valence-electron chi connectivity index (χ3n) is 6.09. The normalized spacial score (nSPS) is 17.7. The van der Waals surface area contributed by atoms with Gasteiger partial charge in [0.2, 0.25) is 0 Å². The molecule has 2 aliphatic heterocycles. The first-order valence-electron chi connectivity index (χ1n) is 11.9. The lowest BCUT2D eigenvalue weighted by molar-refractivity contribution is -0.138. The topological polar surface area (TPSA) is 79.3 Å². The summed E-state index contributed by atoms with van der Waals surface area (Å²) in [6.45, 7) is 3.53. The van der Waals surface area contributed by atoms with Crippen LogP contribution >= 0.6 is 24.0 Å². The van der Waals surface area contributed by atoms with E-state index in [1.165, 1.54) is 29.2 Å². The molecule has 2 fully saturated rings. The zero-order valence-corrected chi connectivity index (χ0v) is 22.1. The number of carbonyl (C=O) groups is 2. The molecule has 0 unspecified atom stereocenters. The zero-order valence-electron chi connectivity index (χ0n) is 20.5. The number of ether oxygens (including phenoxy) is 2. The Balaban J connectivity index is 1.66. The summed E-state index contributed by atoms with van der Waals surface area (Å²) in [5, 5.41) is 8.96. The number of benzene rings is 2. The van der Waals surface area contributed by atoms with Gasteiger partial charge in [-0.25, -0.2) is 4.39 Å². The van der Waals surface area contributed by atoms with Crippen LogP contribution in [-0.2, 0) is 20.5 Å². The first kappa shape index (κ1) is 29.0. The average Bonchev–Trinajstić information content (AvgIpc) is 3.15. The minimum Gasteiger partial charge on any atom is -0.492 e. The van der Waals surface area contributed by atoms with Gasteiger partial charge in [-0.1, -0.05) is 30.0 Å². The number of thioether (sulfide) groups is 1. The number of rotatable bonds is 9. The van der Waals surface area contributed by atoms with Crippen LogP contribution < -0.4 is 4.74 Å². The van der Waals surface area contributed by atoms with E-state index in [4.69, 9.17) is 26.8 Å². The summed E-state index contributed by atoms with van der Waals surface area (Å²) in [6, 6.07) is 6.60. The summed E-state index contributed by atoms with van der Waals surface area (Å²) < 4.78 is 66.0. The average molecular weight is 585 g/mol. The molecule has 208 valence electrons. The predicted octanol–water partition coefficient (Wildman–Crippen LogP) is 4.90. The molecule has 2 aliphatic rings. The Morgan fingerprint density at radius 3 is 2.59 bits per heavy atom. The van der Waals surface area contributed by atoms with Gasteiger partial charge in [0.25, 0.3) is 5.91 Å². The molecule has 4 rings (SSSR count). The van der Waals surface area contributed by atoms with Crippen LogP contribution in [0.15, 0.2) is 41.3 Å². The van der Waals surface area contributed by atoms with Gasteiger partial charge >= 0.3 is 12.1 Å². The highest BCUT2D eigenvalue weighted by Crippen LogP contribution is 2.38. The van der Waals surface area contributed by atoms with E-state index >= 15 is 0 Å². The number of hydrogen-bond acceptors (Lipinski definition) is 7. The van der Waals surface area contributed by atoms with Crippen LogP contribution in [0.4, 0.5) is 17.6 Å². The van der Waals surface area contributed by atoms with E-state index in [9.17, 15) is 27.2 Å². The molecular formula is C26H24F4N2O5S2. The highest BCUT2D eigenvalue weighted by atomic mass is 32.2. The lowest BCUT2D eigenvalue weighted by Gasteiger charge is -2.26. The van der Waals surface area contributed by atoms with Gasteiger partial charge in [0.1, 0.15) is 22.5 Å². The van der Waals surface area contributed by atoms with E-state index in [1.807, 2.05) is 0 Å². The van der Waals surface area contributed by atoms with Crippen LogP contribution in [0.2, 0.25) is 0 Å². The molecule has 0 aromatic heterocycles. The molecule has 0 spiro atoms. The van der Waals surface area contributed by atoms with Crippen molar-refractivity contribution in [3.8, 4) is 16.9 Å². The molecular weight excluding hydrogens is 560 g/mol. The van der Waals surface area contributed by atoms with E-state index in [0.29, 0.717) is 37.1 Å². The second kappa shape index (κ2) is 12.5. The van der Waals surface area contributed by atoms with Crippen LogP contribution in [0, 0.1) is 5.82 Å². The number of thiocarbonyl (C=S) groups is 1. The number of carboxylic acid groups (broad SMARTS) is 1. The number of carboxylic acids is 1. The van der Waals surface area contributed by atoms with Crippen molar-refractivity contribution in [2.45, 2.75) is 12.6 Å². The van der Waals surface area contributed by atoms with Crippen LogP contribution in [0.5, 0.6) is 5.75 Å². The number of hydrogen-bond donors (Lipinski definition) is 1. The van der Waals surface area contributed by atoms with Crippen molar-refractivity contribution in [1.82, 2.24) is 9.80 Å². The molecule has 2 heterocycles. The first-order valence-corrected chi connectivity index (χ1v) is 13.2. The smallest absolute Gasteiger partial charge is 0.416 e. The second-order valence-electron chi connectivity index (χ2n) is 8.72. The van der Waals surface area contributed by atoms with Gasteiger partial charge in [0.15, 0.2) is 0 Å². The monoisotopic (exact) mass is 584 g/mol. The Kier molecular flexibility index (Phi) is 9.26. The largest absolute Gasteiger partial charge is 0.492 e. The molecule has 0 radical (unpaired) electrons. The van der Waals surface area contributed by atoms with E-state index in [-0.39, 0.29) is 39.9 Å². The fourth-order valence-corrected chi connectivity index (χ4v) is 5.33. The summed E-state index contributed by atoms with van der Waals surface area (Å²) in [4.78, 5) is 27.4. The molecule has 0 atom stereocenters. The van der Waals surface area contributed by atoms with Crippen molar-refractivity contribution in [3.05, 3.63) is 58.2 Å². The Morgan fingerprint density at radius 1 is 1.15 bits per heavy atom. The standard InChI is InChI=1S/C26H24F4N2O5S2/c27-20-3-2-18(26(28,29)30)15-19(20)16-1-4-21(37-12-9-31-7-10-36-11-8-31)17(13-16)14-22-24(35)32(25(38)39-22)6-5-23(33)34/h1-4,13-15H,5-12H2,(H,33,34)/b22-14-. The van der Waals surface area contributed by atoms with E-state index in [2.05, 4.69) is 4.90 Å². The van der Waals surface area contributed by atoms with Crippen molar-refractivity contribution in [3.63, 3.8) is 0 Å². The van der Waals surface area contributed by atoms with Crippen LogP contribution in [0.1, 0.15) is 17.5 Å². The number of morpholine rings is 1. The van der Waals surface area contributed by atoms with Gasteiger partial charge in [0, 0.05) is 37.3 Å². The van der Waals surface area contributed by atoms with Crippen LogP contribution in [-0.4, -0.2) is 77.1 Å². The number of nitrogens with zero attached hydrogens (tertiary/aromatic N) is 2. The van der Waals surface area contributed by atoms with Gasteiger partial charge in [0.05, 0.1) is 30.1 Å². The van der Waals surface area contributed by atoms with Crippen molar-refractivity contribution in [2.24, 2.45) is 0 Å². The number of amides is 1. The highest BCUT2D eigenvalue weighted by molar-refractivity contribution is 8.26. The lowest BCUT2D eigenvalue weighted by atomic mass is 9.99. The summed E-state index contributed by atoms with van der Waals surface area (Å²) in [5.74, 6) is -2.08. The molecule has 1 N–H and O–H groups in total. The fraction of sp³-hybridized carbons (Fsp3) is 0.346. The number of alkyl halides is 3. The van der Waals surface area contributed by atoms with Gasteiger partial charge in [-0.2, -0.15) is 13.2 Å². The minimum atomic E-state index is -4.65. The van der Waals surface area contributed by atoms with Crippen molar-refractivity contribution < 1.29 is 41.7 Å². The first-order chi connectivity index (χ1) is 18.5. The molecule has 7 nitrogen and oxygen atoms in total. The number of halogens is 4. The third-order valence-corrected chi connectivity index (χ3v) is 7.47. The molecule has 2 saturated heterocycles. The maximum absolute atomic E-state index is 14.6. The zero-order chi connectivity index (χ0) is 28.2. The van der Waals surface area contributed by atoms with Gasteiger partial charge in [-0.05, 0) is 42.0 Å². The third kappa shape index (κ3) is 7.35. The lowest BCUT2D eigenvalue weighted by Crippen LogP contribution is -2.38. The Morgan fingerprint density at radius 2 is 1.90 bits per heavy atom. The molecule has 0 saturated carbocycles.